The van der Waals surface area contributed by atoms with E-state index in [-0.39, 0.29) is 23.8 Å². The first-order valence-corrected chi connectivity index (χ1v) is 5.56. The molecule has 0 aromatic heterocycles. The van der Waals surface area contributed by atoms with Crippen molar-refractivity contribution in [1.29, 1.82) is 5.26 Å². The van der Waals surface area contributed by atoms with E-state index in [4.69, 9.17) is 11.0 Å². The number of nitrogens with zero attached hydrogens (tertiary/aromatic N) is 1. The number of rotatable bonds is 3. The van der Waals surface area contributed by atoms with Gasteiger partial charge in [0.25, 0.3) is 0 Å². The zero-order chi connectivity index (χ0) is 11.3. The van der Waals surface area contributed by atoms with Crippen molar-refractivity contribution in [3.05, 3.63) is 0 Å². The van der Waals surface area contributed by atoms with Crippen molar-refractivity contribution in [2.45, 2.75) is 38.6 Å². The van der Waals surface area contributed by atoms with Crippen molar-refractivity contribution in [3.8, 4) is 6.07 Å². The Balaban J connectivity index is 2.30. The smallest absolute Gasteiger partial charge is 0.223 e. The molecule has 1 saturated carbocycles. The maximum Gasteiger partial charge on any atom is 0.223 e. The van der Waals surface area contributed by atoms with Gasteiger partial charge in [0.2, 0.25) is 5.91 Å². The Bertz CT molecular complexity index is 259. The highest BCUT2D eigenvalue weighted by Gasteiger charge is 2.25. The minimum atomic E-state index is -0.119. The Labute approximate surface area is 90.8 Å². The number of amides is 1. The van der Waals surface area contributed by atoms with Crippen molar-refractivity contribution in [1.82, 2.24) is 5.32 Å². The molecule has 0 aliphatic heterocycles. The third-order valence-corrected chi connectivity index (χ3v) is 2.89. The molecule has 0 radical (unpaired) electrons. The third kappa shape index (κ3) is 3.88. The molecule has 15 heavy (non-hydrogen) atoms. The normalized spacial score (nSPS) is 27.8. The van der Waals surface area contributed by atoms with Crippen LogP contribution in [-0.4, -0.2) is 18.5 Å². The van der Waals surface area contributed by atoms with E-state index in [0.29, 0.717) is 6.54 Å². The quantitative estimate of drug-likeness (QED) is 0.721. The zero-order valence-electron chi connectivity index (χ0n) is 9.20. The molecule has 3 N–H and O–H groups in total. The summed E-state index contributed by atoms with van der Waals surface area (Å²) in [5, 5.41) is 11.4. The van der Waals surface area contributed by atoms with E-state index >= 15 is 0 Å². The van der Waals surface area contributed by atoms with Crippen LogP contribution in [0.4, 0.5) is 0 Å². The van der Waals surface area contributed by atoms with Crippen LogP contribution in [-0.2, 0) is 4.79 Å². The van der Waals surface area contributed by atoms with Crippen LogP contribution in [0.2, 0.25) is 0 Å². The van der Waals surface area contributed by atoms with Gasteiger partial charge in [-0.05, 0) is 26.2 Å². The summed E-state index contributed by atoms with van der Waals surface area (Å²) < 4.78 is 0. The molecule has 84 valence electrons. The molecule has 4 heteroatoms. The van der Waals surface area contributed by atoms with Gasteiger partial charge in [0.1, 0.15) is 0 Å². The van der Waals surface area contributed by atoms with Crippen molar-refractivity contribution in [3.63, 3.8) is 0 Å². The Morgan fingerprint density at radius 3 is 3.00 bits per heavy atom. The highest BCUT2D eigenvalue weighted by atomic mass is 16.1. The first-order valence-electron chi connectivity index (χ1n) is 5.56. The summed E-state index contributed by atoms with van der Waals surface area (Å²) in [4.78, 5) is 11.7. The van der Waals surface area contributed by atoms with Crippen LogP contribution in [0.5, 0.6) is 0 Å². The first-order chi connectivity index (χ1) is 7.13. The standard InChI is InChI=1S/C11H19N3O/c1-8(6-12)7-14-11(15)9-3-2-4-10(13)5-9/h8-10H,2-5,7,13H2,1H3,(H,14,15). The summed E-state index contributed by atoms with van der Waals surface area (Å²) in [6.07, 6.45) is 3.78. The Morgan fingerprint density at radius 2 is 2.40 bits per heavy atom. The predicted molar refractivity (Wildman–Crippen MR) is 57.7 cm³/mol. The number of nitrogens with one attached hydrogen (secondary N) is 1. The van der Waals surface area contributed by atoms with Gasteiger partial charge in [0, 0.05) is 18.5 Å². The maximum absolute atomic E-state index is 11.7. The maximum atomic E-state index is 11.7. The average Bonchev–Trinajstić information content (AvgIpc) is 2.25. The lowest BCUT2D eigenvalue weighted by molar-refractivity contribution is -0.126. The second-order valence-electron chi connectivity index (χ2n) is 4.40. The monoisotopic (exact) mass is 209 g/mol. The molecule has 3 unspecified atom stereocenters. The lowest BCUT2D eigenvalue weighted by Crippen LogP contribution is -2.39. The van der Waals surface area contributed by atoms with E-state index in [0.717, 1.165) is 25.7 Å². The predicted octanol–water partition coefficient (Wildman–Crippen LogP) is 0.780. The van der Waals surface area contributed by atoms with Crippen molar-refractivity contribution in [2.24, 2.45) is 17.6 Å². The molecule has 0 bridgehead atoms. The van der Waals surface area contributed by atoms with E-state index in [1.807, 2.05) is 0 Å². The largest absolute Gasteiger partial charge is 0.355 e. The summed E-state index contributed by atoms with van der Waals surface area (Å²) in [7, 11) is 0. The fourth-order valence-electron chi connectivity index (χ4n) is 1.91. The van der Waals surface area contributed by atoms with E-state index < -0.39 is 0 Å². The third-order valence-electron chi connectivity index (χ3n) is 2.89. The van der Waals surface area contributed by atoms with Crippen LogP contribution in [0.3, 0.4) is 0 Å². The molecule has 0 saturated heterocycles. The molecule has 0 heterocycles. The van der Waals surface area contributed by atoms with Gasteiger partial charge in [0.15, 0.2) is 0 Å². The van der Waals surface area contributed by atoms with Crippen LogP contribution in [0.25, 0.3) is 0 Å². The van der Waals surface area contributed by atoms with Gasteiger partial charge < -0.3 is 11.1 Å². The summed E-state index contributed by atoms with van der Waals surface area (Å²) in [5.74, 6) is -0.00175. The molecular weight excluding hydrogens is 190 g/mol. The second kappa shape index (κ2) is 5.72. The van der Waals surface area contributed by atoms with Gasteiger partial charge in [-0.1, -0.05) is 6.42 Å². The number of carbonyl (C=O) groups excluding carboxylic acids is 1. The molecule has 0 spiro atoms. The van der Waals surface area contributed by atoms with Crippen molar-refractivity contribution in [2.75, 3.05) is 6.54 Å². The highest BCUT2D eigenvalue weighted by molar-refractivity contribution is 5.78. The lowest BCUT2D eigenvalue weighted by atomic mass is 9.85. The summed E-state index contributed by atoms with van der Waals surface area (Å²) >= 11 is 0. The topological polar surface area (TPSA) is 78.9 Å². The van der Waals surface area contributed by atoms with Gasteiger partial charge >= 0.3 is 0 Å². The van der Waals surface area contributed by atoms with E-state index in [1.165, 1.54) is 0 Å². The molecule has 0 aromatic rings. The molecule has 1 rings (SSSR count). The van der Waals surface area contributed by atoms with Gasteiger partial charge in [-0.2, -0.15) is 5.26 Å². The van der Waals surface area contributed by atoms with Gasteiger partial charge in [-0.3, -0.25) is 4.79 Å². The first kappa shape index (κ1) is 12.0. The Hall–Kier alpha value is -1.08. The molecule has 1 aliphatic rings. The van der Waals surface area contributed by atoms with Gasteiger partial charge in [-0.25, -0.2) is 0 Å². The second-order valence-corrected chi connectivity index (χ2v) is 4.40. The van der Waals surface area contributed by atoms with Crippen molar-refractivity contribution >= 4 is 5.91 Å². The number of hydrogen-bond acceptors (Lipinski definition) is 3. The molecule has 1 fully saturated rings. The van der Waals surface area contributed by atoms with E-state index in [9.17, 15) is 4.79 Å². The fraction of sp³-hybridized carbons (Fsp3) is 0.818. The average molecular weight is 209 g/mol. The Kier molecular flexibility index (Phi) is 4.57. The van der Waals surface area contributed by atoms with Crippen LogP contribution in [0.1, 0.15) is 32.6 Å². The number of hydrogen-bond donors (Lipinski definition) is 2. The Morgan fingerprint density at radius 1 is 1.67 bits per heavy atom. The molecule has 4 nitrogen and oxygen atoms in total. The zero-order valence-corrected chi connectivity index (χ0v) is 9.20. The molecule has 1 amide bonds. The summed E-state index contributed by atoms with van der Waals surface area (Å²) in [5.41, 5.74) is 5.81. The van der Waals surface area contributed by atoms with Crippen LogP contribution in [0, 0.1) is 23.2 Å². The number of nitrogens with two attached hydrogens (primary N) is 1. The van der Waals surface area contributed by atoms with E-state index in [2.05, 4.69) is 11.4 Å². The van der Waals surface area contributed by atoms with Gasteiger partial charge in [-0.15, -0.1) is 0 Å². The highest BCUT2D eigenvalue weighted by Crippen LogP contribution is 2.23. The molecule has 1 aliphatic carbocycles. The lowest BCUT2D eigenvalue weighted by Gasteiger charge is -2.25. The number of nitriles is 1. The minimum Gasteiger partial charge on any atom is -0.355 e. The van der Waals surface area contributed by atoms with Crippen LogP contribution >= 0.6 is 0 Å². The number of carbonyl (C=O) groups is 1. The summed E-state index contributed by atoms with van der Waals surface area (Å²) in [6.45, 7) is 2.24. The molecule has 0 aromatic carbocycles. The van der Waals surface area contributed by atoms with Crippen molar-refractivity contribution < 1.29 is 4.79 Å². The fourth-order valence-corrected chi connectivity index (χ4v) is 1.91. The van der Waals surface area contributed by atoms with Crippen LogP contribution < -0.4 is 11.1 Å². The van der Waals surface area contributed by atoms with E-state index in [1.54, 1.807) is 6.92 Å². The van der Waals surface area contributed by atoms with Gasteiger partial charge in [0.05, 0.1) is 12.0 Å². The van der Waals surface area contributed by atoms with Crippen LogP contribution in [0.15, 0.2) is 0 Å². The molecule has 3 atom stereocenters. The summed E-state index contributed by atoms with van der Waals surface area (Å²) in [6, 6.07) is 2.26. The molecular formula is C11H19N3O. The minimum absolute atomic E-state index is 0.0552. The SMILES string of the molecule is CC(C#N)CNC(=O)C1CCCC(N)C1.